The molecule has 3 aliphatic carbocycles. The number of rotatable bonds is 5. The summed E-state index contributed by atoms with van der Waals surface area (Å²) in [5.74, 6) is -13.5. The van der Waals surface area contributed by atoms with Gasteiger partial charge in [0.25, 0.3) is 5.91 Å². The van der Waals surface area contributed by atoms with E-state index < -0.39 is 106 Å². The summed E-state index contributed by atoms with van der Waals surface area (Å²) in [6, 6.07) is 1.53. The number of halogens is 5. The molecule has 40 heavy (non-hydrogen) atoms. The fraction of sp³-hybridized carbons (Fsp3) is 0.458. The van der Waals surface area contributed by atoms with Crippen molar-refractivity contribution in [3.8, 4) is 5.75 Å². The molecule has 3 aliphatic rings. The highest BCUT2D eigenvalue weighted by Gasteiger charge is 2.68. The van der Waals surface area contributed by atoms with Crippen molar-refractivity contribution in [3.63, 3.8) is 0 Å². The first-order chi connectivity index (χ1) is 18.3. The minimum Gasteiger partial charge on any atom is -0.510 e. The molecule has 0 saturated carbocycles. The summed E-state index contributed by atoms with van der Waals surface area (Å²) in [7, 11) is 2.53. The van der Waals surface area contributed by atoms with Gasteiger partial charge in [0, 0.05) is 17.4 Å². The van der Waals surface area contributed by atoms with E-state index in [1.807, 2.05) is 0 Å². The van der Waals surface area contributed by atoms with Gasteiger partial charge in [0.05, 0.1) is 30.2 Å². The lowest BCUT2D eigenvalue weighted by Gasteiger charge is -2.53. The minimum atomic E-state index is -6.15. The summed E-state index contributed by atoms with van der Waals surface area (Å²) < 4.78 is 70.0. The lowest BCUT2D eigenvalue weighted by molar-refractivity contribution is -0.392. The lowest BCUT2D eigenvalue weighted by atomic mass is 9.55. The van der Waals surface area contributed by atoms with E-state index in [-0.39, 0.29) is 5.56 Å². The van der Waals surface area contributed by atoms with Crippen LogP contribution in [-0.2, 0) is 14.3 Å². The molecule has 218 valence electrons. The Kier molecular flexibility index (Phi) is 6.77. The molecular weight excluding hydrogens is 555 g/mol. The molecule has 0 aliphatic heterocycles. The van der Waals surface area contributed by atoms with Crippen molar-refractivity contribution >= 4 is 17.5 Å². The molecule has 0 saturated heterocycles. The standard InChI is InChI=1S/C24H23F5N2O9/c1-31(2)15-14-17(34)11-8(6-40-24(28,29)23(25,26)27)7-4-3-5-9(32)10(7)16(33)12(11)19(36)22(14,39)20(37)13(18(15)35)21(30)38/h3-5,8,11,14-15,17,32,34-36,39H,6H2,1-2H3,(H2,30,38)/t8-,11-,14+,15-,17-,22-/m1/s1. The van der Waals surface area contributed by atoms with Crippen LogP contribution in [0.1, 0.15) is 21.8 Å². The first-order valence-electron chi connectivity index (χ1n) is 11.5. The van der Waals surface area contributed by atoms with Crippen molar-refractivity contribution < 1.29 is 66.6 Å². The van der Waals surface area contributed by atoms with Crippen LogP contribution in [0.4, 0.5) is 22.0 Å². The van der Waals surface area contributed by atoms with Crippen LogP contribution in [-0.4, -0.2) is 98.6 Å². The molecule has 16 heteroatoms. The zero-order valence-electron chi connectivity index (χ0n) is 20.6. The van der Waals surface area contributed by atoms with Crippen molar-refractivity contribution in [2.24, 2.45) is 17.6 Å². The van der Waals surface area contributed by atoms with Gasteiger partial charge in [-0.25, -0.2) is 0 Å². The van der Waals surface area contributed by atoms with E-state index in [2.05, 4.69) is 4.74 Å². The van der Waals surface area contributed by atoms with Crippen molar-refractivity contribution in [2.75, 3.05) is 20.7 Å². The Morgan fingerprint density at radius 1 is 1.12 bits per heavy atom. The van der Waals surface area contributed by atoms with Crippen LogP contribution in [0.15, 0.2) is 40.9 Å². The van der Waals surface area contributed by atoms with Crippen molar-refractivity contribution in [3.05, 3.63) is 52.0 Å². The number of amides is 1. The normalized spacial score (nSPS) is 30.8. The van der Waals surface area contributed by atoms with Gasteiger partial charge in [-0.1, -0.05) is 12.1 Å². The molecule has 0 unspecified atom stereocenters. The van der Waals surface area contributed by atoms with E-state index >= 15 is 0 Å². The van der Waals surface area contributed by atoms with Crippen molar-refractivity contribution in [1.82, 2.24) is 4.90 Å². The summed E-state index contributed by atoms with van der Waals surface area (Å²) >= 11 is 0. The maximum Gasteiger partial charge on any atom is 0.482 e. The number of hydrogen-bond donors (Lipinski definition) is 6. The zero-order chi connectivity index (χ0) is 30.3. The molecule has 7 N–H and O–H groups in total. The van der Waals surface area contributed by atoms with Gasteiger partial charge < -0.3 is 36.0 Å². The molecule has 0 heterocycles. The van der Waals surface area contributed by atoms with Crippen LogP contribution in [0, 0.1) is 11.8 Å². The molecule has 1 aromatic carbocycles. The maximum atomic E-state index is 13.8. The van der Waals surface area contributed by atoms with Crippen LogP contribution >= 0.6 is 0 Å². The number of aliphatic hydroxyl groups is 4. The predicted octanol–water partition coefficient (Wildman–Crippen LogP) is 0.804. The molecule has 1 aromatic rings. The second-order valence-corrected chi connectivity index (χ2v) is 9.94. The third-order valence-electron chi connectivity index (χ3n) is 7.57. The van der Waals surface area contributed by atoms with E-state index in [4.69, 9.17) is 5.73 Å². The number of phenols is 1. The lowest BCUT2D eigenvalue weighted by Crippen LogP contribution is -2.68. The molecule has 1 amide bonds. The third kappa shape index (κ3) is 3.88. The largest absolute Gasteiger partial charge is 0.510 e. The number of Topliss-reactive ketones (excluding diaryl/α,β-unsaturated/α-hetero) is 2. The quantitative estimate of drug-likeness (QED) is 0.215. The number of fused-ring (bicyclic) bond motifs is 3. The number of benzene rings is 1. The average Bonchev–Trinajstić information content (AvgIpc) is 2.82. The van der Waals surface area contributed by atoms with E-state index in [9.17, 15) is 61.9 Å². The molecule has 4 rings (SSSR count). The fourth-order valence-corrected chi connectivity index (χ4v) is 5.88. The van der Waals surface area contributed by atoms with Crippen LogP contribution in [0.5, 0.6) is 5.75 Å². The Hall–Kier alpha value is -3.60. The highest BCUT2D eigenvalue weighted by molar-refractivity contribution is 6.25. The first-order valence-corrected chi connectivity index (χ1v) is 11.5. The number of nitrogens with zero attached hydrogens (tertiary/aromatic N) is 1. The molecule has 0 bridgehead atoms. The van der Waals surface area contributed by atoms with Gasteiger partial charge in [-0.15, -0.1) is 0 Å². The summed E-state index contributed by atoms with van der Waals surface area (Å²) in [6.45, 7) is -1.53. The number of carbonyl (C=O) groups excluding carboxylic acids is 3. The second kappa shape index (κ2) is 9.22. The number of aromatic hydroxyl groups is 1. The van der Waals surface area contributed by atoms with E-state index in [0.717, 1.165) is 23.1 Å². The number of aliphatic hydroxyl groups excluding tert-OH is 3. The number of hydrogen-bond acceptors (Lipinski definition) is 10. The van der Waals surface area contributed by atoms with Crippen molar-refractivity contribution in [2.45, 2.75) is 35.9 Å². The van der Waals surface area contributed by atoms with Gasteiger partial charge in [0.15, 0.2) is 11.4 Å². The van der Waals surface area contributed by atoms with Gasteiger partial charge in [0.2, 0.25) is 5.78 Å². The van der Waals surface area contributed by atoms with Crippen LogP contribution < -0.4 is 5.73 Å². The van der Waals surface area contributed by atoms with Crippen LogP contribution in [0.3, 0.4) is 0 Å². The summed E-state index contributed by atoms with van der Waals surface area (Å²) in [4.78, 5) is 39.9. The Morgan fingerprint density at radius 3 is 2.25 bits per heavy atom. The SMILES string of the molecule is CN(C)[C@H]1C(O)=C(C(N)=O)C(=O)[C@]2(O)C(O)=C3C(=O)c4c(O)cccc4[C@@H](COC(F)(F)C(F)(F)F)[C@H]3[C@@H](O)[C@H]12. The van der Waals surface area contributed by atoms with Crippen LogP contribution in [0.2, 0.25) is 0 Å². The molecule has 6 atom stereocenters. The Bertz CT molecular complexity index is 1370. The molecule has 0 fully saturated rings. The van der Waals surface area contributed by atoms with E-state index in [1.54, 1.807) is 0 Å². The van der Waals surface area contributed by atoms with Gasteiger partial charge in [-0.05, 0) is 25.7 Å². The van der Waals surface area contributed by atoms with Gasteiger partial charge in [-0.3, -0.25) is 19.3 Å². The molecule has 0 radical (unpaired) electrons. The number of ether oxygens (including phenoxy) is 1. The maximum absolute atomic E-state index is 13.8. The highest BCUT2D eigenvalue weighted by atomic mass is 19.4. The minimum absolute atomic E-state index is 0.338. The second-order valence-electron chi connectivity index (χ2n) is 9.94. The van der Waals surface area contributed by atoms with Crippen LogP contribution in [0.25, 0.3) is 0 Å². The summed E-state index contributed by atoms with van der Waals surface area (Å²) in [6.07, 6.45) is -14.1. The zero-order valence-corrected chi connectivity index (χ0v) is 20.6. The van der Waals surface area contributed by atoms with E-state index in [1.165, 1.54) is 14.1 Å². The third-order valence-corrected chi connectivity index (χ3v) is 7.57. The number of carbonyl (C=O) groups is 3. The Labute approximate surface area is 221 Å². The summed E-state index contributed by atoms with van der Waals surface area (Å²) in [5.41, 5.74) is -1.27. The van der Waals surface area contributed by atoms with Gasteiger partial charge in [-0.2, -0.15) is 22.0 Å². The predicted molar refractivity (Wildman–Crippen MR) is 121 cm³/mol. The van der Waals surface area contributed by atoms with Gasteiger partial charge >= 0.3 is 12.3 Å². The molecule has 11 nitrogen and oxygen atoms in total. The molecule has 0 aromatic heterocycles. The number of nitrogens with two attached hydrogens (primary N) is 1. The highest BCUT2D eigenvalue weighted by Crippen LogP contribution is 2.56. The first kappa shape index (κ1) is 29.4. The Morgan fingerprint density at radius 2 is 1.73 bits per heavy atom. The van der Waals surface area contributed by atoms with Crippen molar-refractivity contribution in [1.29, 1.82) is 0 Å². The number of alkyl halides is 5. The molecular formula is C24H23F5N2O9. The molecule has 0 spiro atoms. The topological polar surface area (TPSA) is 191 Å². The Balaban J connectivity index is 2.01. The smallest absolute Gasteiger partial charge is 0.482 e. The van der Waals surface area contributed by atoms with E-state index in [0.29, 0.717) is 0 Å². The summed E-state index contributed by atoms with van der Waals surface area (Å²) in [5, 5.41) is 55.5. The average molecular weight is 578 g/mol. The number of likely N-dealkylation sites (N-methyl/N-ethyl adjacent to an activating group) is 1. The van der Waals surface area contributed by atoms with Gasteiger partial charge in [0.1, 0.15) is 22.8 Å². The number of phenolic OH excluding ortho intramolecular Hbond substituents is 1. The monoisotopic (exact) mass is 578 g/mol. The number of primary amides is 1. The fourth-order valence-electron chi connectivity index (χ4n) is 5.88. The number of ketones is 2.